The van der Waals surface area contributed by atoms with Crippen molar-refractivity contribution in [3.8, 4) is 0 Å². The van der Waals surface area contributed by atoms with Gasteiger partial charge in [0.1, 0.15) is 0 Å². The summed E-state index contributed by atoms with van der Waals surface area (Å²) < 4.78 is 31.7. The average Bonchev–Trinajstić information content (AvgIpc) is 3.04. The third-order valence-electron chi connectivity index (χ3n) is 4.99. The van der Waals surface area contributed by atoms with Crippen LogP contribution >= 0.6 is 0 Å². The Morgan fingerprint density at radius 2 is 1.72 bits per heavy atom. The van der Waals surface area contributed by atoms with Crippen LogP contribution in [-0.4, -0.2) is 78.1 Å². The van der Waals surface area contributed by atoms with Gasteiger partial charge in [-0.2, -0.15) is 13.2 Å². The number of likely N-dealkylation sites (N-methyl/N-ethyl adjacent to an activating group) is 1. The maximum atomic E-state index is 12.4. The SMILES string of the molecule is CN(C)C(=O)CN1CC[C@H]2[C@@H]1CCC(=O)N2c1ccccc1.O=C(O)C(F)(F)F. The molecule has 2 aliphatic heterocycles. The van der Waals surface area contributed by atoms with Gasteiger partial charge in [-0.1, -0.05) is 18.2 Å². The number of alkyl halides is 3. The molecular weight excluding hydrogens is 391 g/mol. The first kappa shape index (κ1) is 22.7. The molecule has 3 rings (SSSR count). The molecule has 10 heteroatoms. The second-order valence-corrected chi connectivity index (χ2v) is 7.12. The second-order valence-electron chi connectivity index (χ2n) is 7.12. The number of hydrogen-bond donors (Lipinski definition) is 1. The molecule has 2 fully saturated rings. The number of fused-ring (bicyclic) bond motifs is 1. The Morgan fingerprint density at radius 3 is 2.24 bits per heavy atom. The summed E-state index contributed by atoms with van der Waals surface area (Å²) >= 11 is 0. The number of carbonyl (C=O) groups excluding carboxylic acids is 2. The summed E-state index contributed by atoms with van der Waals surface area (Å²) in [5, 5.41) is 7.12. The number of carbonyl (C=O) groups is 3. The van der Waals surface area contributed by atoms with E-state index in [2.05, 4.69) is 4.90 Å². The Labute approximate surface area is 166 Å². The number of piperidine rings is 1. The van der Waals surface area contributed by atoms with Gasteiger partial charge in [-0.25, -0.2) is 4.79 Å². The van der Waals surface area contributed by atoms with Crippen molar-refractivity contribution in [2.45, 2.75) is 37.5 Å². The minimum absolute atomic E-state index is 0.129. The fourth-order valence-corrected chi connectivity index (χ4v) is 3.59. The first-order valence-corrected chi connectivity index (χ1v) is 9.13. The van der Waals surface area contributed by atoms with Crippen LogP contribution < -0.4 is 4.90 Å². The van der Waals surface area contributed by atoms with E-state index in [-0.39, 0.29) is 17.9 Å². The first-order chi connectivity index (χ1) is 13.5. The number of rotatable bonds is 3. The summed E-state index contributed by atoms with van der Waals surface area (Å²) in [7, 11) is 3.58. The van der Waals surface area contributed by atoms with Gasteiger partial charge in [0.15, 0.2) is 0 Å². The van der Waals surface area contributed by atoms with E-state index >= 15 is 0 Å². The minimum Gasteiger partial charge on any atom is -0.475 e. The lowest BCUT2D eigenvalue weighted by molar-refractivity contribution is -0.192. The van der Waals surface area contributed by atoms with Crippen molar-refractivity contribution in [2.75, 3.05) is 32.1 Å². The van der Waals surface area contributed by atoms with Crippen molar-refractivity contribution in [1.82, 2.24) is 9.80 Å². The Bertz CT molecular complexity index is 740. The molecule has 2 saturated heterocycles. The lowest BCUT2D eigenvalue weighted by Gasteiger charge is -2.39. The molecule has 0 bridgehead atoms. The van der Waals surface area contributed by atoms with Crippen LogP contribution in [0.15, 0.2) is 30.3 Å². The highest BCUT2D eigenvalue weighted by Crippen LogP contribution is 2.34. The van der Waals surface area contributed by atoms with Crippen LogP contribution in [0.4, 0.5) is 18.9 Å². The fraction of sp³-hybridized carbons (Fsp3) is 0.526. The quantitative estimate of drug-likeness (QED) is 0.817. The Kier molecular flexibility index (Phi) is 7.23. The van der Waals surface area contributed by atoms with E-state index in [4.69, 9.17) is 9.90 Å². The van der Waals surface area contributed by atoms with E-state index in [9.17, 15) is 22.8 Å². The molecule has 160 valence electrons. The molecule has 1 aromatic carbocycles. The summed E-state index contributed by atoms with van der Waals surface area (Å²) in [6, 6.07) is 10.4. The molecule has 0 aliphatic carbocycles. The molecule has 1 aromatic rings. The average molecular weight is 415 g/mol. The summed E-state index contributed by atoms with van der Waals surface area (Å²) in [5.41, 5.74) is 0.975. The molecule has 0 aromatic heterocycles. The lowest BCUT2D eigenvalue weighted by Crippen LogP contribution is -2.53. The van der Waals surface area contributed by atoms with Crippen molar-refractivity contribution in [2.24, 2.45) is 0 Å². The van der Waals surface area contributed by atoms with Crippen LogP contribution in [0, 0.1) is 0 Å². The van der Waals surface area contributed by atoms with Gasteiger partial charge in [-0.3, -0.25) is 14.5 Å². The number of carboxylic acid groups (broad SMARTS) is 1. The number of para-hydroxylation sites is 1. The van der Waals surface area contributed by atoms with Crippen molar-refractivity contribution < 1.29 is 32.7 Å². The van der Waals surface area contributed by atoms with E-state index in [1.807, 2.05) is 35.2 Å². The molecule has 0 unspecified atom stereocenters. The largest absolute Gasteiger partial charge is 0.490 e. The van der Waals surface area contributed by atoms with Crippen LogP contribution in [0.3, 0.4) is 0 Å². The molecule has 2 amide bonds. The molecule has 2 aliphatic rings. The number of carboxylic acids is 1. The molecule has 2 atom stereocenters. The Morgan fingerprint density at radius 1 is 1.14 bits per heavy atom. The summed E-state index contributed by atoms with van der Waals surface area (Å²) in [6.07, 6.45) is -2.73. The summed E-state index contributed by atoms with van der Waals surface area (Å²) in [5.74, 6) is -2.43. The Balaban J connectivity index is 0.000000370. The molecule has 0 saturated carbocycles. The number of halogens is 3. The predicted octanol–water partition coefficient (Wildman–Crippen LogP) is 1.98. The third-order valence-corrected chi connectivity index (χ3v) is 4.99. The van der Waals surface area contributed by atoms with E-state index in [1.165, 1.54) is 0 Å². The normalized spacial score (nSPS) is 21.8. The van der Waals surface area contributed by atoms with Gasteiger partial charge in [0.2, 0.25) is 11.8 Å². The zero-order valence-electron chi connectivity index (χ0n) is 16.2. The van der Waals surface area contributed by atoms with Gasteiger partial charge >= 0.3 is 12.1 Å². The van der Waals surface area contributed by atoms with Crippen LogP contribution in [0.5, 0.6) is 0 Å². The van der Waals surface area contributed by atoms with E-state index < -0.39 is 12.1 Å². The van der Waals surface area contributed by atoms with Gasteiger partial charge in [-0.05, 0) is 25.0 Å². The van der Waals surface area contributed by atoms with Crippen molar-refractivity contribution in [1.29, 1.82) is 0 Å². The standard InChI is InChI=1S/C17H23N3O2.C2HF3O2/c1-18(2)17(22)12-19-11-10-15-14(19)8-9-16(21)20(15)13-6-4-3-5-7-13;3-2(4,5)1(6)7/h3-7,14-15H,8-12H2,1-2H3;(H,6,7)/t14-,15-;/m0./s1. The number of benzene rings is 1. The molecular formula is C19H24F3N3O4. The molecule has 29 heavy (non-hydrogen) atoms. The maximum absolute atomic E-state index is 12.4. The second kappa shape index (κ2) is 9.25. The van der Waals surface area contributed by atoms with Crippen LogP contribution in [0.2, 0.25) is 0 Å². The van der Waals surface area contributed by atoms with Crippen molar-refractivity contribution >= 4 is 23.5 Å². The highest BCUT2D eigenvalue weighted by molar-refractivity contribution is 5.95. The zero-order chi connectivity index (χ0) is 21.8. The van der Waals surface area contributed by atoms with E-state index in [1.54, 1.807) is 19.0 Å². The van der Waals surface area contributed by atoms with Crippen molar-refractivity contribution in [3.05, 3.63) is 30.3 Å². The first-order valence-electron chi connectivity index (χ1n) is 9.13. The fourth-order valence-electron chi connectivity index (χ4n) is 3.59. The topological polar surface area (TPSA) is 81.2 Å². The van der Waals surface area contributed by atoms with E-state index in [0.29, 0.717) is 19.0 Å². The molecule has 2 heterocycles. The number of amides is 2. The smallest absolute Gasteiger partial charge is 0.475 e. The van der Waals surface area contributed by atoms with Crippen LogP contribution in [0.25, 0.3) is 0 Å². The van der Waals surface area contributed by atoms with Gasteiger partial charge in [0, 0.05) is 38.8 Å². The zero-order valence-corrected chi connectivity index (χ0v) is 16.2. The summed E-state index contributed by atoms with van der Waals surface area (Å²) in [6.45, 7) is 1.33. The van der Waals surface area contributed by atoms with Crippen LogP contribution in [-0.2, 0) is 14.4 Å². The van der Waals surface area contributed by atoms with Crippen molar-refractivity contribution in [3.63, 3.8) is 0 Å². The molecule has 0 radical (unpaired) electrons. The molecule has 7 nitrogen and oxygen atoms in total. The Hall–Kier alpha value is -2.62. The number of aliphatic carboxylic acids is 1. The van der Waals surface area contributed by atoms with Gasteiger partial charge in [-0.15, -0.1) is 0 Å². The number of likely N-dealkylation sites (tertiary alicyclic amines) is 1. The predicted molar refractivity (Wildman–Crippen MR) is 99.3 cm³/mol. The van der Waals surface area contributed by atoms with Crippen LogP contribution in [0.1, 0.15) is 19.3 Å². The lowest BCUT2D eigenvalue weighted by atomic mass is 9.95. The number of hydrogen-bond acceptors (Lipinski definition) is 4. The van der Waals surface area contributed by atoms with E-state index in [0.717, 1.165) is 25.1 Å². The highest BCUT2D eigenvalue weighted by atomic mass is 19.4. The van der Waals surface area contributed by atoms with Gasteiger partial charge in [0.25, 0.3) is 0 Å². The maximum Gasteiger partial charge on any atom is 0.490 e. The number of anilines is 1. The minimum atomic E-state index is -5.08. The molecule has 1 N–H and O–H groups in total. The summed E-state index contributed by atoms with van der Waals surface area (Å²) in [4.78, 5) is 39.1. The van der Waals surface area contributed by atoms with Gasteiger partial charge in [0.05, 0.1) is 12.6 Å². The highest BCUT2D eigenvalue weighted by Gasteiger charge is 2.44. The molecule has 0 spiro atoms. The monoisotopic (exact) mass is 415 g/mol. The number of nitrogens with zero attached hydrogens (tertiary/aromatic N) is 3. The third kappa shape index (κ3) is 5.69. The van der Waals surface area contributed by atoms with Gasteiger partial charge < -0.3 is 14.9 Å².